The van der Waals surface area contributed by atoms with E-state index in [2.05, 4.69) is 12.2 Å². The number of imide groups is 1. The number of anilines is 1. The lowest BCUT2D eigenvalue weighted by Gasteiger charge is -2.12. The maximum Gasteiger partial charge on any atom is 0.294 e. The lowest BCUT2D eigenvalue weighted by molar-refractivity contribution is -0.127. The molecule has 1 saturated heterocycles. The van der Waals surface area contributed by atoms with Crippen LogP contribution < -0.4 is 5.32 Å². The third-order valence-corrected chi connectivity index (χ3v) is 4.43. The molecular weight excluding hydrogens is 300 g/mol. The highest BCUT2D eigenvalue weighted by Crippen LogP contribution is 2.32. The second-order valence-electron chi connectivity index (χ2n) is 5.19. The third kappa shape index (κ3) is 3.57. The second-order valence-corrected chi connectivity index (χ2v) is 6.15. The number of hydrogen-bond acceptors (Lipinski definition) is 4. The molecule has 1 heterocycles. The molecule has 2 rings (SSSR count). The van der Waals surface area contributed by atoms with Gasteiger partial charge in [-0.3, -0.25) is 19.3 Å². The van der Waals surface area contributed by atoms with E-state index in [1.54, 1.807) is 26.0 Å². The van der Waals surface area contributed by atoms with Gasteiger partial charge in [0.1, 0.15) is 6.54 Å². The predicted octanol–water partition coefficient (Wildman–Crippen LogP) is 3.18. The van der Waals surface area contributed by atoms with Gasteiger partial charge in [-0.2, -0.15) is 0 Å². The highest BCUT2D eigenvalue weighted by atomic mass is 32.2. The monoisotopic (exact) mass is 318 g/mol. The molecule has 5 nitrogen and oxygen atoms in total. The zero-order valence-corrected chi connectivity index (χ0v) is 13.6. The number of aryl methyl sites for hydroxylation is 1. The topological polar surface area (TPSA) is 66.5 Å². The molecule has 116 valence electrons. The first-order valence-corrected chi connectivity index (χ1v) is 7.84. The fourth-order valence-corrected chi connectivity index (χ4v) is 2.85. The van der Waals surface area contributed by atoms with Gasteiger partial charge in [0.15, 0.2) is 0 Å². The largest absolute Gasteiger partial charge is 0.325 e. The first-order chi connectivity index (χ1) is 10.4. The maximum absolute atomic E-state index is 12.1. The molecule has 0 aromatic heterocycles. The second kappa shape index (κ2) is 6.79. The Balaban J connectivity index is 2.01. The van der Waals surface area contributed by atoms with Crippen LogP contribution in [-0.4, -0.2) is 28.5 Å². The van der Waals surface area contributed by atoms with Crippen molar-refractivity contribution in [2.24, 2.45) is 0 Å². The summed E-state index contributed by atoms with van der Waals surface area (Å²) >= 11 is 0.880. The van der Waals surface area contributed by atoms with Gasteiger partial charge in [0.25, 0.3) is 11.1 Å². The standard InChI is InChI=1S/C16H18N2O3S/c1-4-11-5-7-12(8-6-11)17-13(19)9-18-15(20)14(10(2)3)22-16(18)21/h5-8H,4,9H2,1-3H3,(H,17,19). The summed E-state index contributed by atoms with van der Waals surface area (Å²) < 4.78 is 0. The number of carbonyl (C=O) groups excluding carboxylic acids is 3. The molecule has 3 amide bonds. The van der Waals surface area contributed by atoms with Crippen molar-refractivity contribution in [2.45, 2.75) is 27.2 Å². The first kappa shape index (κ1) is 16.3. The van der Waals surface area contributed by atoms with Crippen molar-refractivity contribution in [1.29, 1.82) is 0 Å². The Bertz CT molecular complexity index is 646. The molecular formula is C16H18N2O3S. The number of hydrogen-bond donors (Lipinski definition) is 1. The normalized spacial score (nSPS) is 14.5. The van der Waals surface area contributed by atoms with Crippen LogP contribution in [0.25, 0.3) is 0 Å². The molecule has 1 aromatic rings. The van der Waals surface area contributed by atoms with Crippen molar-refractivity contribution in [3.05, 3.63) is 40.3 Å². The molecule has 0 saturated carbocycles. The number of amides is 3. The number of thioether (sulfide) groups is 1. The van der Waals surface area contributed by atoms with Crippen LogP contribution in [0.2, 0.25) is 0 Å². The van der Waals surface area contributed by atoms with E-state index >= 15 is 0 Å². The van der Waals surface area contributed by atoms with Crippen LogP contribution in [0.4, 0.5) is 10.5 Å². The molecule has 0 spiro atoms. The zero-order valence-electron chi connectivity index (χ0n) is 12.8. The van der Waals surface area contributed by atoms with Crippen LogP contribution in [0.15, 0.2) is 34.7 Å². The Morgan fingerprint density at radius 1 is 1.18 bits per heavy atom. The number of benzene rings is 1. The highest BCUT2D eigenvalue weighted by molar-refractivity contribution is 8.18. The molecule has 0 aliphatic carbocycles. The summed E-state index contributed by atoms with van der Waals surface area (Å²) in [4.78, 5) is 37.3. The van der Waals surface area contributed by atoms with E-state index in [-0.39, 0.29) is 12.5 Å². The molecule has 1 fully saturated rings. The van der Waals surface area contributed by atoms with Gasteiger partial charge in [0, 0.05) is 5.69 Å². The van der Waals surface area contributed by atoms with Gasteiger partial charge in [-0.1, -0.05) is 24.6 Å². The Hall–Kier alpha value is -2.08. The third-order valence-electron chi connectivity index (χ3n) is 3.25. The molecule has 1 aromatic carbocycles. The average Bonchev–Trinajstić information content (AvgIpc) is 2.76. The van der Waals surface area contributed by atoms with Crippen LogP contribution in [0.3, 0.4) is 0 Å². The fraction of sp³-hybridized carbons (Fsp3) is 0.312. The number of allylic oxidation sites excluding steroid dienone is 1. The van der Waals surface area contributed by atoms with Crippen molar-refractivity contribution in [3.8, 4) is 0 Å². The van der Waals surface area contributed by atoms with Gasteiger partial charge in [-0.25, -0.2) is 0 Å². The zero-order chi connectivity index (χ0) is 16.3. The molecule has 0 unspecified atom stereocenters. The Labute approximate surface area is 133 Å². The van der Waals surface area contributed by atoms with Crippen LogP contribution in [0, 0.1) is 0 Å². The van der Waals surface area contributed by atoms with Crippen molar-refractivity contribution in [2.75, 3.05) is 11.9 Å². The average molecular weight is 318 g/mol. The molecule has 1 aliphatic heterocycles. The highest BCUT2D eigenvalue weighted by Gasteiger charge is 2.36. The van der Waals surface area contributed by atoms with Gasteiger partial charge in [0.2, 0.25) is 5.91 Å². The quantitative estimate of drug-likeness (QED) is 0.866. The summed E-state index contributed by atoms with van der Waals surface area (Å²) in [7, 11) is 0. The van der Waals surface area contributed by atoms with Crippen LogP contribution in [-0.2, 0) is 16.0 Å². The van der Waals surface area contributed by atoms with Crippen molar-refractivity contribution >= 4 is 34.5 Å². The van der Waals surface area contributed by atoms with E-state index in [0.29, 0.717) is 10.6 Å². The van der Waals surface area contributed by atoms with Gasteiger partial charge in [-0.15, -0.1) is 0 Å². The predicted molar refractivity (Wildman–Crippen MR) is 87.5 cm³/mol. The van der Waals surface area contributed by atoms with Crippen LogP contribution in [0.5, 0.6) is 0 Å². The maximum atomic E-state index is 12.1. The fourth-order valence-electron chi connectivity index (χ4n) is 2.01. The Kier molecular flexibility index (Phi) is 5.03. The van der Waals surface area contributed by atoms with Gasteiger partial charge in [-0.05, 0) is 49.7 Å². The molecule has 1 aliphatic rings. The number of rotatable bonds is 4. The first-order valence-electron chi connectivity index (χ1n) is 7.02. The Morgan fingerprint density at radius 2 is 1.82 bits per heavy atom. The molecule has 0 atom stereocenters. The minimum Gasteiger partial charge on any atom is -0.325 e. The van der Waals surface area contributed by atoms with E-state index in [4.69, 9.17) is 0 Å². The van der Waals surface area contributed by atoms with Crippen molar-refractivity contribution in [3.63, 3.8) is 0 Å². The van der Waals surface area contributed by atoms with Gasteiger partial charge in [0.05, 0.1) is 4.91 Å². The van der Waals surface area contributed by atoms with E-state index < -0.39 is 11.1 Å². The van der Waals surface area contributed by atoms with E-state index in [0.717, 1.165) is 28.7 Å². The summed E-state index contributed by atoms with van der Waals surface area (Å²) in [5.74, 6) is -0.784. The minimum absolute atomic E-state index is 0.267. The Morgan fingerprint density at radius 3 is 2.32 bits per heavy atom. The molecule has 6 heteroatoms. The molecule has 0 radical (unpaired) electrons. The smallest absolute Gasteiger partial charge is 0.294 e. The van der Waals surface area contributed by atoms with E-state index in [1.807, 2.05) is 12.1 Å². The summed E-state index contributed by atoms with van der Waals surface area (Å²) in [5.41, 5.74) is 2.60. The van der Waals surface area contributed by atoms with Gasteiger partial charge >= 0.3 is 0 Å². The molecule has 22 heavy (non-hydrogen) atoms. The van der Waals surface area contributed by atoms with Crippen molar-refractivity contribution < 1.29 is 14.4 Å². The minimum atomic E-state index is -0.405. The molecule has 0 bridgehead atoms. The number of nitrogens with one attached hydrogen (secondary N) is 1. The molecule has 1 N–H and O–H groups in total. The van der Waals surface area contributed by atoms with Gasteiger partial charge < -0.3 is 5.32 Å². The van der Waals surface area contributed by atoms with E-state index in [1.165, 1.54) is 5.56 Å². The van der Waals surface area contributed by atoms with E-state index in [9.17, 15) is 14.4 Å². The number of nitrogens with zero attached hydrogens (tertiary/aromatic N) is 1. The lowest BCUT2D eigenvalue weighted by Crippen LogP contribution is -2.36. The lowest BCUT2D eigenvalue weighted by atomic mass is 10.1. The van der Waals surface area contributed by atoms with Crippen molar-refractivity contribution in [1.82, 2.24) is 4.90 Å². The van der Waals surface area contributed by atoms with Crippen LogP contribution in [0.1, 0.15) is 26.3 Å². The summed E-state index contributed by atoms with van der Waals surface area (Å²) in [6.45, 7) is 5.33. The SMILES string of the molecule is CCc1ccc(NC(=O)CN2C(=O)SC(=C(C)C)C2=O)cc1. The summed E-state index contributed by atoms with van der Waals surface area (Å²) in [6, 6.07) is 7.47. The van der Waals surface area contributed by atoms with Crippen LogP contribution >= 0.6 is 11.8 Å². The summed E-state index contributed by atoms with van der Waals surface area (Å²) in [6.07, 6.45) is 0.924. The number of carbonyl (C=O) groups is 3. The summed E-state index contributed by atoms with van der Waals surface area (Å²) in [5, 5.41) is 2.29.